The second-order valence-corrected chi connectivity index (χ2v) is 8.04. The van der Waals surface area contributed by atoms with Crippen LogP contribution in [0.1, 0.15) is 15.4 Å². The largest absolute Gasteiger partial charge is 0.497 e. The molecule has 0 atom stereocenters. The summed E-state index contributed by atoms with van der Waals surface area (Å²) in [6.45, 7) is 1.38. The number of rotatable bonds is 8. The highest BCUT2D eigenvalue weighted by molar-refractivity contribution is 7.20. The van der Waals surface area contributed by atoms with E-state index in [0.717, 1.165) is 32.7 Å². The highest BCUT2D eigenvalue weighted by Gasteiger charge is 2.20. The van der Waals surface area contributed by atoms with E-state index in [0.29, 0.717) is 24.7 Å². The zero-order chi connectivity index (χ0) is 21.6. The highest BCUT2D eigenvalue weighted by Crippen LogP contribution is 2.29. The summed E-state index contributed by atoms with van der Waals surface area (Å²) in [4.78, 5) is 23.7. The molecule has 0 bridgehead atoms. The molecule has 4 aromatic rings. The molecular formula is C24H23N3O3S. The molecule has 2 aromatic heterocycles. The van der Waals surface area contributed by atoms with Crippen molar-refractivity contribution in [3.05, 3.63) is 77.6 Å². The molecule has 1 amide bonds. The van der Waals surface area contributed by atoms with Gasteiger partial charge in [-0.3, -0.25) is 9.78 Å². The first-order valence-corrected chi connectivity index (χ1v) is 10.7. The zero-order valence-electron chi connectivity index (χ0n) is 17.4. The Hall–Kier alpha value is -3.29. The van der Waals surface area contributed by atoms with Gasteiger partial charge >= 0.3 is 0 Å². The number of pyridine rings is 1. The number of thiazole rings is 1. The molecule has 0 aliphatic carbocycles. The smallest absolute Gasteiger partial charge is 0.283 e. The van der Waals surface area contributed by atoms with Crippen LogP contribution in [0, 0.1) is 0 Å². The van der Waals surface area contributed by atoms with Gasteiger partial charge < -0.3 is 14.4 Å². The van der Waals surface area contributed by atoms with E-state index in [4.69, 9.17) is 9.47 Å². The first-order valence-electron chi connectivity index (χ1n) is 9.90. The molecule has 0 radical (unpaired) electrons. The van der Waals surface area contributed by atoms with E-state index in [1.807, 2.05) is 48.5 Å². The Morgan fingerprint density at radius 3 is 2.65 bits per heavy atom. The summed E-state index contributed by atoms with van der Waals surface area (Å²) in [5, 5.41) is 0.473. The molecule has 0 N–H and O–H groups in total. The number of amides is 1. The van der Waals surface area contributed by atoms with Gasteiger partial charge in [-0.15, -0.1) is 11.3 Å². The summed E-state index contributed by atoms with van der Waals surface area (Å²) in [6, 6.07) is 17.7. The Kier molecular flexibility index (Phi) is 6.54. The normalized spacial score (nSPS) is 10.9. The Bertz CT molecular complexity index is 1180. The molecule has 0 unspecified atom stereocenters. The average Bonchev–Trinajstić information content (AvgIpc) is 3.25. The van der Waals surface area contributed by atoms with E-state index in [9.17, 15) is 4.79 Å². The number of nitrogens with zero attached hydrogens (tertiary/aromatic N) is 3. The minimum absolute atomic E-state index is 0.105. The van der Waals surface area contributed by atoms with Gasteiger partial charge in [0.1, 0.15) is 5.75 Å². The standard InChI is InChI=1S/C24H23N3O3S/c1-29-13-12-27(16-17-4-3-5-20(14-17)30-2)24(28)23-26-21-7-6-19(15-22(21)31-23)18-8-10-25-11-9-18/h3-11,14-15H,12-13,16H2,1-2H3. The minimum Gasteiger partial charge on any atom is -0.497 e. The first-order chi connectivity index (χ1) is 15.2. The lowest BCUT2D eigenvalue weighted by Crippen LogP contribution is -2.33. The SMILES string of the molecule is COCCN(Cc1cccc(OC)c1)C(=O)c1nc2ccc(-c3ccncc3)cc2s1. The summed E-state index contributed by atoms with van der Waals surface area (Å²) < 4.78 is 11.5. The third kappa shape index (κ3) is 4.90. The lowest BCUT2D eigenvalue weighted by Gasteiger charge is -2.21. The van der Waals surface area contributed by atoms with Crippen molar-refractivity contribution in [1.82, 2.24) is 14.9 Å². The maximum Gasteiger partial charge on any atom is 0.283 e. The molecule has 0 aliphatic heterocycles. The maximum atomic E-state index is 13.3. The number of fused-ring (bicyclic) bond motifs is 1. The molecule has 158 valence electrons. The quantitative estimate of drug-likeness (QED) is 0.405. The van der Waals surface area contributed by atoms with Crippen LogP contribution in [-0.4, -0.2) is 48.1 Å². The molecule has 0 fully saturated rings. The topological polar surface area (TPSA) is 64.6 Å². The van der Waals surface area contributed by atoms with E-state index in [1.54, 1.807) is 31.5 Å². The van der Waals surface area contributed by atoms with Gasteiger partial charge in [0.15, 0.2) is 5.01 Å². The number of aromatic nitrogens is 2. The van der Waals surface area contributed by atoms with Gasteiger partial charge in [0.2, 0.25) is 0 Å². The number of carbonyl (C=O) groups is 1. The summed E-state index contributed by atoms with van der Waals surface area (Å²) >= 11 is 1.41. The van der Waals surface area contributed by atoms with E-state index >= 15 is 0 Å². The van der Waals surface area contributed by atoms with Crippen LogP contribution in [0.4, 0.5) is 0 Å². The number of hydrogen-bond acceptors (Lipinski definition) is 6. The van der Waals surface area contributed by atoms with E-state index < -0.39 is 0 Å². The predicted molar refractivity (Wildman–Crippen MR) is 122 cm³/mol. The van der Waals surface area contributed by atoms with Crippen LogP contribution in [0.2, 0.25) is 0 Å². The second kappa shape index (κ2) is 9.68. The summed E-state index contributed by atoms with van der Waals surface area (Å²) in [5.41, 5.74) is 3.97. The van der Waals surface area contributed by atoms with E-state index in [2.05, 4.69) is 16.0 Å². The van der Waals surface area contributed by atoms with Gasteiger partial charge in [-0.05, 0) is 53.1 Å². The Balaban J connectivity index is 1.61. The van der Waals surface area contributed by atoms with Crippen LogP contribution in [0.5, 0.6) is 5.75 Å². The van der Waals surface area contributed by atoms with Crippen molar-refractivity contribution in [3.8, 4) is 16.9 Å². The van der Waals surface area contributed by atoms with Crippen molar-refractivity contribution in [1.29, 1.82) is 0 Å². The fourth-order valence-corrected chi connectivity index (χ4v) is 4.29. The fourth-order valence-electron chi connectivity index (χ4n) is 3.32. The molecule has 0 aliphatic rings. The van der Waals surface area contributed by atoms with Crippen molar-refractivity contribution in [3.63, 3.8) is 0 Å². The molecule has 0 saturated heterocycles. The van der Waals surface area contributed by atoms with Crippen LogP contribution in [0.25, 0.3) is 21.3 Å². The predicted octanol–water partition coefficient (Wildman–Crippen LogP) is 4.66. The minimum atomic E-state index is -0.105. The third-order valence-electron chi connectivity index (χ3n) is 4.95. The van der Waals surface area contributed by atoms with Gasteiger partial charge in [-0.1, -0.05) is 18.2 Å². The van der Waals surface area contributed by atoms with Crippen LogP contribution in [-0.2, 0) is 11.3 Å². The first kappa shape index (κ1) is 21.0. The van der Waals surface area contributed by atoms with Crippen molar-refractivity contribution in [2.24, 2.45) is 0 Å². The number of hydrogen-bond donors (Lipinski definition) is 0. The van der Waals surface area contributed by atoms with Gasteiger partial charge in [0.05, 0.1) is 23.9 Å². The summed E-state index contributed by atoms with van der Waals surface area (Å²) in [7, 11) is 3.26. The molecule has 0 spiro atoms. The van der Waals surface area contributed by atoms with Crippen molar-refractivity contribution in [2.75, 3.05) is 27.4 Å². The molecule has 7 heteroatoms. The molecule has 2 heterocycles. The number of methoxy groups -OCH3 is 2. The average molecular weight is 434 g/mol. The van der Waals surface area contributed by atoms with Crippen LogP contribution in [0.15, 0.2) is 67.0 Å². The molecule has 0 saturated carbocycles. The van der Waals surface area contributed by atoms with Crippen molar-refractivity contribution < 1.29 is 14.3 Å². The Labute approximate surface area is 185 Å². The van der Waals surface area contributed by atoms with Crippen molar-refractivity contribution in [2.45, 2.75) is 6.54 Å². The maximum absolute atomic E-state index is 13.3. The highest BCUT2D eigenvalue weighted by atomic mass is 32.1. The van der Waals surface area contributed by atoms with Crippen LogP contribution >= 0.6 is 11.3 Å². The van der Waals surface area contributed by atoms with Gasteiger partial charge in [0.25, 0.3) is 5.91 Å². The Morgan fingerprint density at radius 1 is 1.03 bits per heavy atom. The van der Waals surface area contributed by atoms with Crippen LogP contribution in [0.3, 0.4) is 0 Å². The number of carbonyl (C=O) groups excluding carboxylic acids is 1. The van der Waals surface area contributed by atoms with E-state index in [-0.39, 0.29) is 5.91 Å². The Morgan fingerprint density at radius 2 is 1.87 bits per heavy atom. The monoisotopic (exact) mass is 433 g/mol. The zero-order valence-corrected chi connectivity index (χ0v) is 18.3. The third-order valence-corrected chi connectivity index (χ3v) is 5.95. The molecule has 6 nitrogen and oxygen atoms in total. The summed E-state index contributed by atoms with van der Waals surface area (Å²) in [5.74, 6) is 0.659. The molecule has 2 aromatic carbocycles. The van der Waals surface area contributed by atoms with Gasteiger partial charge in [-0.2, -0.15) is 0 Å². The number of ether oxygens (including phenoxy) is 2. The van der Waals surface area contributed by atoms with Gasteiger partial charge in [0, 0.05) is 32.6 Å². The van der Waals surface area contributed by atoms with Crippen LogP contribution < -0.4 is 4.74 Å². The van der Waals surface area contributed by atoms with Crippen molar-refractivity contribution >= 4 is 27.5 Å². The molecule has 4 rings (SSSR count). The molecule has 31 heavy (non-hydrogen) atoms. The van der Waals surface area contributed by atoms with E-state index in [1.165, 1.54) is 11.3 Å². The number of benzene rings is 2. The lowest BCUT2D eigenvalue weighted by molar-refractivity contribution is 0.0680. The fraction of sp³-hybridized carbons (Fsp3) is 0.208. The lowest BCUT2D eigenvalue weighted by atomic mass is 10.1. The summed E-state index contributed by atoms with van der Waals surface area (Å²) in [6.07, 6.45) is 3.54. The molecular weight excluding hydrogens is 410 g/mol. The van der Waals surface area contributed by atoms with Gasteiger partial charge in [-0.25, -0.2) is 4.98 Å². The second-order valence-electron chi connectivity index (χ2n) is 7.01.